The molecule has 0 bridgehead atoms. The maximum atomic E-state index is 6.33. The van der Waals surface area contributed by atoms with Crippen LogP contribution < -0.4 is 20.1 Å². The molecule has 28 heavy (non-hydrogen) atoms. The highest BCUT2D eigenvalue weighted by Crippen LogP contribution is 2.36. The Bertz CT molecular complexity index is 823. The molecule has 1 heterocycles. The molecule has 0 saturated carbocycles. The summed E-state index contributed by atoms with van der Waals surface area (Å²) >= 11 is 6.33. The van der Waals surface area contributed by atoms with Gasteiger partial charge in [-0.05, 0) is 38.5 Å². The smallest absolute Gasteiger partial charge is 0.191 e. The van der Waals surface area contributed by atoms with E-state index < -0.39 is 0 Å². The first kappa shape index (κ1) is 24.4. The second-order valence-corrected chi connectivity index (χ2v) is 6.50. The number of benzene rings is 1. The van der Waals surface area contributed by atoms with Crippen LogP contribution in [0.15, 0.2) is 17.1 Å². The third-order valence-electron chi connectivity index (χ3n) is 4.35. The fourth-order valence-electron chi connectivity index (χ4n) is 2.81. The Morgan fingerprint density at radius 3 is 2.46 bits per heavy atom. The van der Waals surface area contributed by atoms with Crippen molar-refractivity contribution in [2.45, 2.75) is 33.9 Å². The van der Waals surface area contributed by atoms with E-state index in [1.165, 1.54) is 5.56 Å². The molecule has 9 heteroatoms. The SMILES string of the molecule is CCOc1c(Cl)cc(CNC(=NC)NCc2c(C)nn(C)c2C)cc1OC.I. The lowest BCUT2D eigenvalue weighted by Crippen LogP contribution is -2.36. The quantitative estimate of drug-likeness (QED) is 0.331. The Morgan fingerprint density at radius 2 is 1.93 bits per heavy atom. The summed E-state index contributed by atoms with van der Waals surface area (Å²) in [6, 6.07) is 3.78. The molecular formula is C19H29ClIN5O2. The highest BCUT2D eigenvalue weighted by atomic mass is 127. The Labute approximate surface area is 188 Å². The summed E-state index contributed by atoms with van der Waals surface area (Å²) in [4.78, 5) is 4.27. The van der Waals surface area contributed by atoms with E-state index in [1.807, 2.05) is 37.7 Å². The van der Waals surface area contributed by atoms with Crippen LogP contribution in [0.3, 0.4) is 0 Å². The number of aryl methyl sites for hydroxylation is 2. The van der Waals surface area contributed by atoms with Crippen LogP contribution in [0.25, 0.3) is 0 Å². The van der Waals surface area contributed by atoms with Crippen molar-refractivity contribution in [1.29, 1.82) is 0 Å². The summed E-state index contributed by atoms with van der Waals surface area (Å²) in [6.45, 7) is 7.70. The van der Waals surface area contributed by atoms with Gasteiger partial charge in [-0.25, -0.2) is 0 Å². The number of ether oxygens (including phenoxy) is 2. The molecule has 0 atom stereocenters. The largest absolute Gasteiger partial charge is 0.493 e. The number of nitrogens with zero attached hydrogens (tertiary/aromatic N) is 3. The lowest BCUT2D eigenvalue weighted by atomic mass is 10.2. The van der Waals surface area contributed by atoms with Gasteiger partial charge in [0, 0.05) is 38.4 Å². The first-order valence-electron chi connectivity index (χ1n) is 8.84. The lowest BCUT2D eigenvalue weighted by Gasteiger charge is -2.15. The van der Waals surface area contributed by atoms with Crippen LogP contribution in [0.2, 0.25) is 5.02 Å². The van der Waals surface area contributed by atoms with Crippen molar-refractivity contribution < 1.29 is 9.47 Å². The Kier molecular flexibility index (Phi) is 9.88. The molecule has 0 radical (unpaired) electrons. The first-order chi connectivity index (χ1) is 12.9. The van der Waals surface area contributed by atoms with Crippen LogP contribution >= 0.6 is 35.6 Å². The minimum Gasteiger partial charge on any atom is -0.493 e. The van der Waals surface area contributed by atoms with Gasteiger partial charge in [0.15, 0.2) is 17.5 Å². The standard InChI is InChI=1S/C19H28ClN5O2.HI/c1-7-27-18-16(20)8-14(9-17(18)26-6)10-22-19(21-4)23-11-15-12(2)24-25(5)13(15)3;/h8-9H,7,10-11H2,1-6H3,(H2,21,22,23);1H. The van der Waals surface area contributed by atoms with Crippen LogP contribution in [-0.4, -0.2) is 36.5 Å². The van der Waals surface area contributed by atoms with Gasteiger partial charge in [0.25, 0.3) is 0 Å². The van der Waals surface area contributed by atoms with Gasteiger partial charge in [-0.3, -0.25) is 9.67 Å². The lowest BCUT2D eigenvalue weighted by molar-refractivity contribution is 0.311. The second kappa shape index (κ2) is 11.4. The van der Waals surface area contributed by atoms with Crippen molar-refractivity contribution in [2.75, 3.05) is 20.8 Å². The molecule has 0 aliphatic carbocycles. The van der Waals surface area contributed by atoms with E-state index in [1.54, 1.807) is 14.2 Å². The van der Waals surface area contributed by atoms with Crippen LogP contribution in [-0.2, 0) is 20.1 Å². The molecule has 0 fully saturated rings. The monoisotopic (exact) mass is 521 g/mol. The molecule has 1 aromatic heterocycles. The van der Waals surface area contributed by atoms with Crippen LogP contribution in [0.1, 0.15) is 29.4 Å². The predicted octanol–water partition coefficient (Wildman–Crippen LogP) is 3.58. The summed E-state index contributed by atoms with van der Waals surface area (Å²) < 4.78 is 12.8. The fourth-order valence-corrected chi connectivity index (χ4v) is 3.10. The van der Waals surface area contributed by atoms with Crippen molar-refractivity contribution in [3.63, 3.8) is 0 Å². The number of aliphatic imine (C=N–C) groups is 1. The summed E-state index contributed by atoms with van der Waals surface area (Å²) in [6.07, 6.45) is 0. The molecule has 0 amide bonds. The Morgan fingerprint density at radius 1 is 1.25 bits per heavy atom. The van der Waals surface area contributed by atoms with Crippen LogP contribution in [0, 0.1) is 13.8 Å². The van der Waals surface area contributed by atoms with E-state index in [0.717, 1.165) is 17.0 Å². The fraction of sp³-hybridized carbons (Fsp3) is 0.474. The molecule has 1 aromatic carbocycles. The number of hydrogen-bond donors (Lipinski definition) is 2. The predicted molar refractivity (Wildman–Crippen MR) is 124 cm³/mol. The Hall–Kier alpha value is -1.68. The van der Waals surface area contributed by atoms with Gasteiger partial charge < -0.3 is 20.1 Å². The molecule has 2 rings (SSSR count). The highest BCUT2D eigenvalue weighted by Gasteiger charge is 2.13. The molecule has 0 saturated heterocycles. The number of aromatic nitrogens is 2. The number of methoxy groups -OCH3 is 1. The van der Waals surface area contributed by atoms with Gasteiger partial charge in [-0.15, -0.1) is 24.0 Å². The Balaban J connectivity index is 0.00000392. The minimum absolute atomic E-state index is 0. The van der Waals surface area contributed by atoms with Gasteiger partial charge in [-0.1, -0.05) is 11.6 Å². The van der Waals surface area contributed by atoms with Gasteiger partial charge in [0.1, 0.15) is 0 Å². The molecule has 0 aliphatic rings. The average molecular weight is 522 g/mol. The van der Waals surface area contributed by atoms with E-state index in [0.29, 0.717) is 42.2 Å². The molecule has 156 valence electrons. The maximum absolute atomic E-state index is 6.33. The number of nitrogens with one attached hydrogen (secondary N) is 2. The van der Waals surface area contributed by atoms with E-state index in [2.05, 4.69) is 27.6 Å². The minimum atomic E-state index is 0. The zero-order valence-electron chi connectivity index (χ0n) is 17.2. The highest BCUT2D eigenvalue weighted by molar-refractivity contribution is 14.0. The number of rotatable bonds is 7. The van der Waals surface area contributed by atoms with Crippen molar-refractivity contribution in [1.82, 2.24) is 20.4 Å². The third kappa shape index (κ3) is 5.91. The van der Waals surface area contributed by atoms with Gasteiger partial charge in [0.2, 0.25) is 0 Å². The summed E-state index contributed by atoms with van der Waals surface area (Å²) in [5, 5.41) is 11.6. The van der Waals surface area contributed by atoms with Gasteiger partial charge in [0.05, 0.1) is 24.4 Å². The van der Waals surface area contributed by atoms with Gasteiger partial charge in [-0.2, -0.15) is 5.10 Å². The summed E-state index contributed by atoms with van der Waals surface area (Å²) in [5.74, 6) is 1.88. The van der Waals surface area contributed by atoms with Gasteiger partial charge >= 0.3 is 0 Å². The maximum Gasteiger partial charge on any atom is 0.191 e. The van der Waals surface area contributed by atoms with Crippen LogP contribution in [0.4, 0.5) is 0 Å². The average Bonchev–Trinajstić information content (AvgIpc) is 2.89. The van der Waals surface area contributed by atoms with E-state index in [4.69, 9.17) is 21.1 Å². The molecule has 0 spiro atoms. The summed E-state index contributed by atoms with van der Waals surface area (Å²) in [7, 11) is 5.29. The van der Waals surface area contributed by atoms with Crippen molar-refractivity contribution >= 4 is 41.5 Å². The zero-order valence-corrected chi connectivity index (χ0v) is 20.3. The van der Waals surface area contributed by atoms with E-state index in [9.17, 15) is 0 Å². The second-order valence-electron chi connectivity index (χ2n) is 6.09. The van der Waals surface area contributed by atoms with Crippen molar-refractivity contribution in [2.24, 2.45) is 12.0 Å². The first-order valence-corrected chi connectivity index (χ1v) is 9.21. The van der Waals surface area contributed by atoms with Crippen molar-refractivity contribution in [3.05, 3.63) is 39.7 Å². The number of guanidine groups is 1. The number of halogens is 2. The normalized spacial score (nSPS) is 11.0. The molecule has 2 N–H and O–H groups in total. The molecule has 2 aromatic rings. The summed E-state index contributed by atoms with van der Waals surface area (Å²) in [5.41, 5.74) is 4.29. The van der Waals surface area contributed by atoms with E-state index in [-0.39, 0.29) is 24.0 Å². The number of hydrogen-bond acceptors (Lipinski definition) is 4. The van der Waals surface area contributed by atoms with Crippen molar-refractivity contribution in [3.8, 4) is 11.5 Å². The zero-order chi connectivity index (χ0) is 20.0. The molecule has 0 aliphatic heterocycles. The van der Waals surface area contributed by atoms with E-state index >= 15 is 0 Å². The molecule has 0 unspecified atom stereocenters. The third-order valence-corrected chi connectivity index (χ3v) is 4.63. The topological polar surface area (TPSA) is 72.7 Å². The molecular weight excluding hydrogens is 493 g/mol. The molecule has 7 nitrogen and oxygen atoms in total. The van der Waals surface area contributed by atoms with Crippen LogP contribution in [0.5, 0.6) is 11.5 Å².